The molecule has 5 heteroatoms. The van der Waals surface area contributed by atoms with Crippen molar-refractivity contribution >= 4 is 17.7 Å². The summed E-state index contributed by atoms with van der Waals surface area (Å²) in [4.78, 5) is 12.9. The van der Waals surface area contributed by atoms with Crippen LogP contribution < -0.4 is 5.32 Å². The van der Waals surface area contributed by atoms with Gasteiger partial charge in [0, 0.05) is 4.90 Å². The van der Waals surface area contributed by atoms with Gasteiger partial charge in [0.25, 0.3) is 0 Å². The number of amides is 1. The molecule has 2 rings (SSSR count). The third kappa shape index (κ3) is 4.65. The average molecular weight is 305 g/mol. The lowest BCUT2D eigenvalue weighted by Crippen LogP contribution is -2.29. The number of carbonyl (C=O) groups is 1. The molecular formula is C16H19NO3S. The second kappa shape index (κ2) is 7.33. The maximum Gasteiger partial charge on any atom is 0.230 e. The number of aliphatic hydroxyl groups excluding tert-OH is 1. The molecule has 0 bridgehead atoms. The van der Waals surface area contributed by atoms with Gasteiger partial charge in [-0.2, -0.15) is 0 Å². The van der Waals surface area contributed by atoms with Gasteiger partial charge in [0.05, 0.1) is 18.6 Å². The van der Waals surface area contributed by atoms with E-state index in [1.807, 2.05) is 13.8 Å². The third-order valence-corrected chi connectivity index (χ3v) is 4.22. The molecule has 0 saturated carbocycles. The Labute approximate surface area is 128 Å². The van der Waals surface area contributed by atoms with Crippen LogP contribution in [0.1, 0.15) is 23.0 Å². The minimum atomic E-state index is -0.811. The van der Waals surface area contributed by atoms with Gasteiger partial charge in [0.15, 0.2) is 0 Å². The van der Waals surface area contributed by atoms with Gasteiger partial charge in [-0.15, -0.1) is 11.8 Å². The zero-order valence-electron chi connectivity index (χ0n) is 12.1. The van der Waals surface area contributed by atoms with Crippen molar-refractivity contribution in [2.24, 2.45) is 0 Å². The first-order chi connectivity index (χ1) is 10.1. The normalized spacial score (nSPS) is 12.1. The van der Waals surface area contributed by atoms with Gasteiger partial charge < -0.3 is 14.8 Å². The predicted molar refractivity (Wildman–Crippen MR) is 83.3 cm³/mol. The Kier molecular flexibility index (Phi) is 5.47. The maximum atomic E-state index is 11.8. The zero-order valence-corrected chi connectivity index (χ0v) is 12.9. The van der Waals surface area contributed by atoms with E-state index in [1.54, 1.807) is 12.1 Å². The number of hydrogen-bond donors (Lipinski definition) is 2. The van der Waals surface area contributed by atoms with Crippen LogP contribution in [0.5, 0.6) is 0 Å². The summed E-state index contributed by atoms with van der Waals surface area (Å²) in [5.41, 5.74) is 2.34. The number of nitrogens with one attached hydrogen (secondary N) is 1. The quantitative estimate of drug-likeness (QED) is 0.806. The van der Waals surface area contributed by atoms with Crippen molar-refractivity contribution in [3.8, 4) is 0 Å². The van der Waals surface area contributed by atoms with Crippen LogP contribution in [0.2, 0.25) is 0 Å². The number of thioether (sulfide) groups is 1. The van der Waals surface area contributed by atoms with Crippen molar-refractivity contribution in [2.45, 2.75) is 24.8 Å². The smallest absolute Gasteiger partial charge is 0.230 e. The molecular weight excluding hydrogens is 286 g/mol. The summed E-state index contributed by atoms with van der Waals surface area (Å²) in [6, 6.07) is 9.57. The van der Waals surface area contributed by atoms with E-state index >= 15 is 0 Å². The number of furan rings is 1. The molecule has 2 N–H and O–H groups in total. The van der Waals surface area contributed by atoms with Crippen LogP contribution in [0.25, 0.3) is 0 Å². The van der Waals surface area contributed by atoms with Crippen LogP contribution in [-0.4, -0.2) is 23.3 Å². The van der Waals surface area contributed by atoms with E-state index in [2.05, 4.69) is 23.5 Å². The minimum absolute atomic E-state index is 0.105. The molecule has 1 atom stereocenters. The first-order valence-corrected chi connectivity index (χ1v) is 7.73. The molecule has 0 radical (unpaired) electrons. The van der Waals surface area contributed by atoms with E-state index in [0.717, 1.165) is 10.5 Å². The summed E-state index contributed by atoms with van der Waals surface area (Å²) in [6.07, 6.45) is 0.686. The molecule has 2 aromatic rings. The number of hydrogen-bond acceptors (Lipinski definition) is 4. The molecule has 0 spiro atoms. The number of benzene rings is 1. The summed E-state index contributed by atoms with van der Waals surface area (Å²) in [5, 5.41) is 12.5. The second-order valence-electron chi connectivity index (χ2n) is 4.89. The Morgan fingerprint density at radius 3 is 2.90 bits per heavy atom. The Morgan fingerprint density at radius 1 is 1.38 bits per heavy atom. The standard InChI is InChI=1S/C16H19NO3S/c1-11-5-6-12(2)15(8-11)21-10-16(19)17-9-13(18)14-4-3-7-20-14/h3-8,13,18H,9-10H2,1-2H3,(H,17,19). The molecule has 0 fully saturated rings. The van der Waals surface area contributed by atoms with E-state index in [1.165, 1.54) is 23.6 Å². The van der Waals surface area contributed by atoms with Crippen LogP contribution in [0.4, 0.5) is 0 Å². The van der Waals surface area contributed by atoms with Gasteiger partial charge in [-0.3, -0.25) is 4.79 Å². The highest BCUT2D eigenvalue weighted by atomic mass is 32.2. The van der Waals surface area contributed by atoms with Crippen molar-refractivity contribution in [3.63, 3.8) is 0 Å². The molecule has 1 amide bonds. The molecule has 1 unspecified atom stereocenters. The van der Waals surface area contributed by atoms with Gasteiger partial charge in [-0.05, 0) is 37.6 Å². The van der Waals surface area contributed by atoms with Crippen molar-refractivity contribution in [1.82, 2.24) is 5.32 Å². The van der Waals surface area contributed by atoms with Gasteiger partial charge >= 0.3 is 0 Å². The maximum absolute atomic E-state index is 11.8. The molecule has 1 heterocycles. The highest BCUT2D eigenvalue weighted by Gasteiger charge is 2.12. The number of carbonyl (C=O) groups excluding carboxylic acids is 1. The van der Waals surface area contributed by atoms with Gasteiger partial charge in [-0.1, -0.05) is 17.7 Å². The van der Waals surface area contributed by atoms with Crippen LogP contribution >= 0.6 is 11.8 Å². The van der Waals surface area contributed by atoms with Gasteiger partial charge in [0.2, 0.25) is 5.91 Å². The molecule has 0 saturated heterocycles. The van der Waals surface area contributed by atoms with Crippen molar-refractivity contribution in [3.05, 3.63) is 53.5 Å². The topological polar surface area (TPSA) is 62.5 Å². The molecule has 112 valence electrons. The summed E-state index contributed by atoms with van der Waals surface area (Å²) < 4.78 is 5.08. The van der Waals surface area contributed by atoms with E-state index in [-0.39, 0.29) is 12.5 Å². The van der Waals surface area contributed by atoms with Crippen LogP contribution in [0.3, 0.4) is 0 Å². The van der Waals surface area contributed by atoms with Crippen molar-refractivity contribution < 1.29 is 14.3 Å². The van der Waals surface area contributed by atoms with E-state index in [4.69, 9.17) is 4.42 Å². The minimum Gasteiger partial charge on any atom is -0.467 e. The van der Waals surface area contributed by atoms with E-state index < -0.39 is 6.10 Å². The number of aliphatic hydroxyl groups is 1. The fourth-order valence-electron chi connectivity index (χ4n) is 1.85. The molecule has 21 heavy (non-hydrogen) atoms. The first-order valence-electron chi connectivity index (χ1n) is 6.74. The average Bonchev–Trinajstić information content (AvgIpc) is 3.00. The fraction of sp³-hybridized carbons (Fsp3) is 0.312. The highest BCUT2D eigenvalue weighted by Crippen LogP contribution is 2.23. The van der Waals surface area contributed by atoms with E-state index in [0.29, 0.717) is 11.5 Å². The Morgan fingerprint density at radius 2 is 2.19 bits per heavy atom. The monoisotopic (exact) mass is 305 g/mol. The SMILES string of the molecule is Cc1ccc(C)c(SCC(=O)NCC(O)c2ccco2)c1. The van der Waals surface area contributed by atoms with Crippen molar-refractivity contribution in [2.75, 3.05) is 12.3 Å². The Bertz CT molecular complexity index is 596. The summed E-state index contributed by atoms with van der Waals surface area (Å²) in [7, 11) is 0. The largest absolute Gasteiger partial charge is 0.467 e. The highest BCUT2D eigenvalue weighted by molar-refractivity contribution is 8.00. The first kappa shape index (κ1) is 15.7. The molecule has 0 aliphatic carbocycles. The molecule has 1 aromatic heterocycles. The molecule has 4 nitrogen and oxygen atoms in total. The third-order valence-electron chi connectivity index (χ3n) is 3.07. The Balaban J connectivity index is 1.78. The predicted octanol–water partition coefficient (Wildman–Crippen LogP) is 2.84. The lowest BCUT2D eigenvalue weighted by Gasteiger charge is -2.10. The van der Waals surface area contributed by atoms with Gasteiger partial charge in [0.1, 0.15) is 11.9 Å². The lowest BCUT2D eigenvalue weighted by atomic mass is 10.2. The molecule has 1 aromatic carbocycles. The zero-order chi connectivity index (χ0) is 15.2. The number of aryl methyl sites for hydroxylation is 2. The summed E-state index contributed by atoms with van der Waals surface area (Å²) in [5.74, 6) is 0.679. The Hall–Kier alpha value is -1.72. The molecule has 0 aliphatic rings. The lowest BCUT2D eigenvalue weighted by molar-refractivity contribution is -0.119. The fourth-order valence-corrected chi connectivity index (χ4v) is 2.80. The van der Waals surface area contributed by atoms with Crippen LogP contribution in [-0.2, 0) is 4.79 Å². The van der Waals surface area contributed by atoms with Crippen LogP contribution in [0, 0.1) is 13.8 Å². The van der Waals surface area contributed by atoms with Crippen molar-refractivity contribution in [1.29, 1.82) is 0 Å². The second-order valence-corrected chi connectivity index (χ2v) is 5.91. The molecule has 0 aliphatic heterocycles. The van der Waals surface area contributed by atoms with E-state index in [9.17, 15) is 9.90 Å². The number of rotatable bonds is 6. The van der Waals surface area contributed by atoms with Gasteiger partial charge in [-0.25, -0.2) is 0 Å². The summed E-state index contributed by atoms with van der Waals surface area (Å²) >= 11 is 1.50. The summed E-state index contributed by atoms with van der Waals surface area (Å²) in [6.45, 7) is 4.21. The van der Waals surface area contributed by atoms with Crippen LogP contribution in [0.15, 0.2) is 45.9 Å².